The number of aromatic nitrogens is 2. The van der Waals surface area contributed by atoms with Crippen molar-refractivity contribution in [3.63, 3.8) is 0 Å². The van der Waals surface area contributed by atoms with Crippen LogP contribution in [0.3, 0.4) is 0 Å². The Hall–Kier alpha value is -1.24. The maximum absolute atomic E-state index is 9.18. The molecule has 0 amide bonds. The molecule has 106 valence electrons. The molecule has 2 rings (SSSR count). The Morgan fingerprint density at radius 3 is 2.84 bits per heavy atom. The molecule has 1 aromatic rings. The quantitative estimate of drug-likeness (QED) is 0.792. The van der Waals surface area contributed by atoms with Gasteiger partial charge >= 0.3 is 0 Å². The predicted molar refractivity (Wildman–Crippen MR) is 73.0 cm³/mol. The first-order valence-corrected chi connectivity index (χ1v) is 6.75. The second kappa shape index (κ2) is 6.79. The SMILES string of the molecule is CCNCc1cnc(N2CC(CO)OCC2C)nc1. The lowest BCUT2D eigenvalue weighted by atomic mass is 10.2. The van der Waals surface area contributed by atoms with Crippen molar-refractivity contribution in [3.8, 4) is 0 Å². The summed E-state index contributed by atoms with van der Waals surface area (Å²) in [5, 5.41) is 12.4. The van der Waals surface area contributed by atoms with Crippen LogP contribution in [0.4, 0.5) is 5.95 Å². The highest BCUT2D eigenvalue weighted by atomic mass is 16.5. The van der Waals surface area contributed by atoms with Crippen LogP contribution in [-0.4, -0.2) is 53.5 Å². The summed E-state index contributed by atoms with van der Waals surface area (Å²) in [6, 6.07) is 0.224. The molecule has 6 nitrogen and oxygen atoms in total. The fourth-order valence-corrected chi connectivity index (χ4v) is 2.06. The van der Waals surface area contributed by atoms with E-state index in [-0.39, 0.29) is 18.8 Å². The molecule has 19 heavy (non-hydrogen) atoms. The Balaban J connectivity index is 2.03. The van der Waals surface area contributed by atoms with Gasteiger partial charge in [-0.2, -0.15) is 0 Å². The van der Waals surface area contributed by atoms with E-state index in [2.05, 4.69) is 34.0 Å². The lowest BCUT2D eigenvalue weighted by molar-refractivity contribution is -0.0108. The Morgan fingerprint density at radius 1 is 1.47 bits per heavy atom. The molecule has 6 heteroatoms. The number of anilines is 1. The zero-order valence-corrected chi connectivity index (χ0v) is 11.5. The summed E-state index contributed by atoms with van der Waals surface area (Å²) in [4.78, 5) is 10.9. The smallest absolute Gasteiger partial charge is 0.225 e. The van der Waals surface area contributed by atoms with Gasteiger partial charge in [0.2, 0.25) is 5.95 Å². The maximum Gasteiger partial charge on any atom is 0.225 e. The van der Waals surface area contributed by atoms with Crippen LogP contribution in [0.25, 0.3) is 0 Å². The average Bonchev–Trinajstić information content (AvgIpc) is 2.46. The normalized spacial score (nSPS) is 23.6. The van der Waals surface area contributed by atoms with E-state index in [4.69, 9.17) is 4.74 Å². The van der Waals surface area contributed by atoms with Gasteiger partial charge in [0, 0.05) is 31.0 Å². The minimum atomic E-state index is -0.152. The number of morpholine rings is 1. The first-order chi connectivity index (χ1) is 9.24. The maximum atomic E-state index is 9.18. The van der Waals surface area contributed by atoms with Gasteiger partial charge < -0.3 is 20.1 Å². The molecule has 0 radical (unpaired) electrons. The van der Waals surface area contributed by atoms with Gasteiger partial charge in [0.05, 0.1) is 25.4 Å². The van der Waals surface area contributed by atoms with E-state index in [0.717, 1.165) is 18.7 Å². The largest absolute Gasteiger partial charge is 0.394 e. The lowest BCUT2D eigenvalue weighted by Gasteiger charge is -2.37. The molecule has 1 saturated heterocycles. The fourth-order valence-electron chi connectivity index (χ4n) is 2.06. The van der Waals surface area contributed by atoms with E-state index in [9.17, 15) is 5.11 Å². The first kappa shape index (κ1) is 14.2. The Labute approximate surface area is 113 Å². The molecule has 1 aromatic heterocycles. The molecule has 1 aliphatic heterocycles. The van der Waals surface area contributed by atoms with Crippen molar-refractivity contribution in [3.05, 3.63) is 18.0 Å². The first-order valence-electron chi connectivity index (χ1n) is 6.75. The van der Waals surface area contributed by atoms with Gasteiger partial charge in [-0.3, -0.25) is 0 Å². The van der Waals surface area contributed by atoms with E-state index >= 15 is 0 Å². The van der Waals surface area contributed by atoms with Gasteiger partial charge in [0.25, 0.3) is 0 Å². The summed E-state index contributed by atoms with van der Waals surface area (Å²) >= 11 is 0. The summed E-state index contributed by atoms with van der Waals surface area (Å²) in [5.74, 6) is 0.703. The van der Waals surface area contributed by atoms with E-state index < -0.39 is 0 Å². The van der Waals surface area contributed by atoms with Crippen molar-refractivity contribution in [1.82, 2.24) is 15.3 Å². The second-order valence-corrected chi connectivity index (χ2v) is 4.81. The second-order valence-electron chi connectivity index (χ2n) is 4.81. The number of hydrogen-bond donors (Lipinski definition) is 2. The van der Waals surface area contributed by atoms with Gasteiger partial charge in [-0.25, -0.2) is 9.97 Å². The van der Waals surface area contributed by atoms with Crippen molar-refractivity contribution >= 4 is 5.95 Å². The topological polar surface area (TPSA) is 70.5 Å². The zero-order chi connectivity index (χ0) is 13.7. The minimum Gasteiger partial charge on any atom is -0.394 e. The zero-order valence-electron chi connectivity index (χ0n) is 11.5. The molecule has 2 N–H and O–H groups in total. The van der Waals surface area contributed by atoms with E-state index in [1.165, 1.54) is 0 Å². The monoisotopic (exact) mass is 266 g/mol. The average molecular weight is 266 g/mol. The molecule has 2 atom stereocenters. The summed E-state index contributed by atoms with van der Waals surface area (Å²) in [7, 11) is 0. The van der Waals surface area contributed by atoms with Crippen LogP contribution in [0.1, 0.15) is 19.4 Å². The Morgan fingerprint density at radius 2 is 2.21 bits per heavy atom. The van der Waals surface area contributed by atoms with Gasteiger partial charge in [-0.15, -0.1) is 0 Å². The Bertz CT molecular complexity index is 385. The van der Waals surface area contributed by atoms with Crippen LogP contribution < -0.4 is 10.2 Å². The molecule has 2 unspecified atom stereocenters. The lowest BCUT2D eigenvalue weighted by Crippen LogP contribution is -2.50. The number of nitrogens with one attached hydrogen (secondary N) is 1. The summed E-state index contributed by atoms with van der Waals surface area (Å²) < 4.78 is 5.51. The van der Waals surface area contributed by atoms with Crippen molar-refractivity contribution in [1.29, 1.82) is 0 Å². The number of aliphatic hydroxyl groups is 1. The van der Waals surface area contributed by atoms with Gasteiger partial charge in [0.15, 0.2) is 0 Å². The standard InChI is InChI=1S/C13H22N4O2/c1-3-14-4-11-5-15-13(16-6-11)17-7-12(8-18)19-9-10(17)2/h5-6,10,12,14,18H,3-4,7-9H2,1-2H3. The fraction of sp³-hybridized carbons (Fsp3) is 0.692. The van der Waals surface area contributed by atoms with Crippen LogP contribution in [0.2, 0.25) is 0 Å². The molecule has 1 fully saturated rings. The van der Waals surface area contributed by atoms with Gasteiger partial charge in [-0.1, -0.05) is 6.92 Å². The number of nitrogens with zero attached hydrogens (tertiary/aromatic N) is 3. The van der Waals surface area contributed by atoms with Gasteiger partial charge in [0.1, 0.15) is 0 Å². The minimum absolute atomic E-state index is 0.0295. The van der Waals surface area contributed by atoms with Gasteiger partial charge in [-0.05, 0) is 13.5 Å². The number of rotatable bonds is 5. The van der Waals surface area contributed by atoms with Crippen molar-refractivity contribution in [2.24, 2.45) is 0 Å². The van der Waals surface area contributed by atoms with E-state index in [0.29, 0.717) is 19.1 Å². The van der Waals surface area contributed by atoms with E-state index in [1.54, 1.807) is 0 Å². The van der Waals surface area contributed by atoms with Crippen LogP contribution in [0.15, 0.2) is 12.4 Å². The van der Waals surface area contributed by atoms with Crippen molar-refractivity contribution in [2.75, 3.05) is 31.2 Å². The van der Waals surface area contributed by atoms with E-state index in [1.807, 2.05) is 12.4 Å². The highest BCUT2D eigenvalue weighted by Crippen LogP contribution is 2.17. The molecule has 0 spiro atoms. The number of aliphatic hydroxyl groups excluding tert-OH is 1. The summed E-state index contributed by atoms with van der Waals surface area (Å²) in [6.07, 6.45) is 3.55. The molecule has 2 heterocycles. The van der Waals surface area contributed by atoms with Crippen molar-refractivity contribution < 1.29 is 9.84 Å². The van der Waals surface area contributed by atoms with Crippen LogP contribution in [0, 0.1) is 0 Å². The predicted octanol–water partition coefficient (Wildman–Crippen LogP) is 0.172. The van der Waals surface area contributed by atoms with Crippen LogP contribution in [0.5, 0.6) is 0 Å². The molecular formula is C13H22N4O2. The third-order valence-electron chi connectivity index (χ3n) is 3.24. The summed E-state index contributed by atoms with van der Waals surface area (Å²) in [5.41, 5.74) is 1.07. The van der Waals surface area contributed by atoms with Crippen LogP contribution >= 0.6 is 0 Å². The van der Waals surface area contributed by atoms with Crippen LogP contribution in [-0.2, 0) is 11.3 Å². The van der Waals surface area contributed by atoms with Crippen molar-refractivity contribution in [2.45, 2.75) is 32.5 Å². The third kappa shape index (κ3) is 3.62. The molecule has 0 saturated carbocycles. The molecule has 0 bridgehead atoms. The molecule has 0 aliphatic carbocycles. The third-order valence-corrected chi connectivity index (χ3v) is 3.24. The Kier molecular flexibility index (Phi) is 5.07. The molecule has 1 aliphatic rings. The number of ether oxygens (including phenoxy) is 1. The molecular weight excluding hydrogens is 244 g/mol. The highest BCUT2D eigenvalue weighted by Gasteiger charge is 2.27. The number of hydrogen-bond acceptors (Lipinski definition) is 6. The summed E-state index contributed by atoms with van der Waals surface area (Å²) in [6.45, 7) is 7.11. The molecule has 0 aromatic carbocycles. The highest BCUT2D eigenvalue weighted by molar-refractivity contribution is 5.32.